The van der Waals surface area contributed by atoms with Crippen molar-refractivity contribution >= 4 is 0 Å². The summed E-state index contributed by atoms with van der Waals surface area (Å²) in [6, 6.07) is 0. The summed E-state index contributed by atoms with van der Waals surface area (Å²) in [5.41, 5.74) is -5.66. The molecule has 0 bridgehead atoms. The van der Waals surface area contributed by atoms with Crippen molar-refractivity contribution in [3.8, 4) is 0 Å². The Morgan fingerprint density at radius 1 is 0.850 bits per heavy atom. The first-order valence-electron chi connectivity index (χ1n) is 6.47. The summed E-state index contributed by atoms with van der Waals surface area (Å²) in [6.45, 7) is 6.57. The zero-order valence-corrected chi connectivity index (χ0v) is 12.4. The Morgan fingerprint density at radius 2 is 1.25 bits per heavy atom. The molecule has 0 heterocycles. The fraction of sp³-hybridized carbons (Fsp3) is 0.857. The minimum absolute atomic E-state index is 0.0933. The molecule has 0 radical (unpaired) electrons. The van der Waals surface area contributed by atoms with Crippen molar-refractivity contribution in [2.75, 3.05) is 0 Å². The van der Waals surface area contributed by atoms with Crippen molar-refractivity contribution < 1.29 is 26.3 Å². The van der Waals surface area contributed by atoms with Gasteiger partial charge < -0.3 is 0 Å². The smallest absolute Gasteiger partial charge is 0.170 e. The van der Waals surface area contributed by atoms with E-state index in [1.807, 2.05) is 0 Å². The topological polar surface area (TPSA) is 0 Å². The predicted molar refractivity (Wildman–Crippen MR) is 67.2 cm³/mol. The van der Waals surface area contributed by atoms with Crippen LogP contribution in [0.1, 0.15) is 47.5 Å². The normalized spacial score (nSPS) is 15.4. The molecule has 0 aromatic carbocycles. The molecule has 0 aromatic heterocycles. The zero-order valence-electron chi connectivity index (χ0n) is 12.4. The van der Waals surface area contributed by atoms with E-state index in [0.29, 0.717) is 0 Å². The lowest BCUT2D eigenvalue weighted by atomic mass is 9.62. The lowest BCUT2D eigenvalue weighted by Gasteiger charge is -2.46. The third-order valence-corrected chi connectivity index (χ3v) is 3.46. The van der Waals surface area contributed by atoms with Gasteiger partial charge in [-0.05, 0) is 24.2 Å². The van der Waals surface area contributed by atoms with Crippen molar-refractivity contribution in [1.29, 1.82) is 0 Å². The van der Waals surface area contributed by atoms with Gasteiger partial charge >= 0.3 is 12.4 Å². The number of alkyl halides is 6. The van der Waals surface area contributed by atoms with Gasteiger partial charge in [0.15, 0.2) is 5.41 Å². The molecule has 0 unspecified atom stereocenters. The minimum Gasteiger partial charge on any atom is -0.170 e. The van der Waals surface area contributed by atoms with Crippen LogP contribution in [-0.2, 0) is 0 Å². The summed E-state index contributed by atoms with van der Waals surface area (Å²) in [5, 5.41) is 0. The second-order valence-corrected chi connectivity index (χ2v) is 6.36. The SMILES string of the molecule is CC(C)/C=C/CCC(C(C)(C)C)(C(F)(F)F)C(F)(F)F. The number of halogens is 6. The summed E-state index contributed by atoms with van der Waals surface area (Å²) in [4.78, 5) is 0. The Hall–Kier alpha value is -0.680. The molecule has 0 aliphatic heterocycles. The molecule has 0 fully saturated rings. The minimum atomic E-state index is -5.34. The van der Waals surface area contributed by atoms with Gasteiger partial charge in [0.05, 0.1) is 0 Å². The van der Waals surface area contributed by atoms with Crippen molar-refractivity contribution in [3.63, 3.8) is 0 Å². The van der Waals surface area contributed by atoms with Crippen molar-refractivity contribution in [1.82, 2.24) is 0 Å². The molecule has 0 amide bonds. The van der Waals surface area contributed by atoms with E-state index in [2.05, 4.69) is 0 Å². The Labute approximate surface area is 116 Å². The van der Waals surface area contributed by atoms with Crippen LogP contribution in [0.4, 0.5) is 26.3 Å². The highest BCUT2D eigenvalue weighted by atomic mass is 19.4. The van der Waals surface area contributed by atoms with E-state index in [1.54, 1.807) is 19.9 Å². The van der Waals surface area contributed by atoms with E-state index in [1.165, 1.54) is 6.08 Å². The van der Waals surface area contributed by atoms with Gasteiger partial charge in [0.2, 0.25) is 0 Å². The molecule has 0 aromatic rings. The first-order chi connectivity index (χ1) is 8.67. The molecule has 6 heteroatoms. The summed E-state index contributed by atoms with van der Waals surface area (Å²) >= 11 is 0. The second-order valence-electron chi connectivity index (χ2n) is 6.36. The molecule has 0 spiro atoms. The molecule has 0 aliphatic rings. The van der Waals surface area contributed by atoms with Crippen LogP contribution in [0.2, 0.25) is 0 Å². The van der Waals surface area contributed by atoms with Crippen LogP contribution in [0, 0.1) is 16.7 Å². The highest BCUT2D eigenvalue weighted by Gasteiger charge is 2.74. The Morgan fingerprint density at radius 3 is 1.50 bits per heavy atom. The fourth-order valence-electron chi connectivity index (χ4n) is 2.34. The largest absolute Gasteiger partial charge is 0.403 e. The lowest BCUT2D eigenvalue weighted by Crippen LogP contribution is -2.57. The molecule has 0 N–H and O–H groups in total. The maximum Gasteiger partial charge on any atom is 0.403 e. The average Bonchev–Trinajstić information content (AvgIpc) is 2.09. The fourth-order valence-corrected chi connectivity index (χ4v) is 2.34. The molecule has 0 rings (SSSR count). The molecule has 0 saturated carbocycles. The van der Waals surface area contributed by atoms with E-state index < -0.39 is 29.6 Å². The van der Waals surface area contributed by atoms with Crippen molar-refractivity contribution in [2.45, 2.75) is 59.8 Å². The van der Waals surface area contributed by atoms with Crippen molar-refractivity contribution in [2.24, 2.45) is 16.7 Å². The molecular weight excluding hydrogens is 282 g/mol. The van der Waals surface area contributed by atoms with Gasteiger partial charge in [-0.2, -0.15) is 26.3 Å². The quantitative estimate of drug-likeness (QED) is 0.432. The van der Waals surface area contributed by atoms with Crippen LogP contribution >= 0.6 is 0 Å². The Balaban J connectivity index is 5.58. The first-order valence-corrected chi connectivity index (χ1v) is 6.47. The number of allylic oxidation sites excluding steroid dienone is 2. The van der Waals surface area contributed by atoms with Crippen LogP contribution in [0.15, 0.2) is 12.2 Å². The van der Waals surface area contributed by atoms with Gasteiger partial charge in [0.1, 0.15) is 0 Å². The van der Waals surface area contributed by atoms with Crippen LogP contribution in [0.3, 0.4) is 0 Å². The molecule has 120 valence electrons. The molecular formula is C14H22F6. The van der Waals surface area contributed by atoms with Gasteiger partial charge in [-0.25, -0.2) is 0 Å². The molecule has 0 saturated heterocycles. The van der Waals surface area contributed by atoms with Crippen LogP contribution < -0.4 is 0 Å². The van der Waals surface area contributed by atoms with Gasteiger partial charge in [0.25, 0.3) is 0 Å². The van der Waals surface area contributed by atoms with Gasteiger partial charge in [-0.1, -0.05) is 46.8 Å². The summed E-state index contributed by atoms with van der Waals surface area (Å²) in [6.07, 6.45) is -8.92. The molecule has 0 nitrogen and oxygen atoms in total. The third-order valence-electron chi connectivity index (χ3n) is 3.46. The molecule has 0 atom stereocenters. The monoisotopic (exact) mass is 304 g/mol. The van der Waals surface area contributed by atoms with Gasteiger partial charge in [-0.15, -0.1) is 0 Å². The van der Waals surface area contributed by atoms with Gasteiger partial charge in [0, 0.05) is 0 Å². The molecule has 0 aliphatic carbocycles. The van der Waals surface area contributed by atoms with Crippen LogP contribution in [-0.4, -0.2) is 12.4 Å². The highest BCUT2D eigenvalue weighted by molar-refractivity contribution is 5.03. The van der Waals surface area contributed by atoms with E-state index in [0.717, 1.165) is 20.8 Å². The zero-order chi connectivity index (χ0) is 16.4. The second kappa shape index (κ2) is 5.98. The number of rotatable bonds is 4. The first kappa shape index (κ1) is 19.3. The standard InChI is InChI=1S/C14H22F6/c1-10(2)8-6-7-9-12(11(3,4)5,13(15,16)17)14(18,19)20/h6,8,10H,7,9H2,1-5H3/b8-6+. The maximum absolute atomic E-state index is 13.2. The number of hydrogen-bond acceptors (Lipinski definition) is 0. The maximum atomic E-state index is 13.2. The van der Waals surface area contributed by atoms with Crippen LogP contribution in [0.5, 0.6) is 0 Å². The lowest BCUT2D eigenvalue weighted by molar-refractivity contribution is -0.373. The third kappa shape index (κ3) is 3.92. The summed E-state index contributed by atoms with van der Waals surface area (Å²) in [5.74, 6) is 0.0933. The van der Waals surface area contributed by atoms with E-state index in [4.69, 9.17) is 0 Å². The van der Waals surface area contributed by atoms with E-state index >= 15 is 0 Å². The summed E-state index contributed by atoms with van der Waals surface area (Å²) in [7, 11) is 0. The average molecular weight is 304 g/mol. The summed E-state index contributed by atoms with van der Waals surface area (Å²) < 4.78 is 79.3. The number of hydrogen-bond donors (Lipinski definition) is 0. The highest BCUT2D eigenvalue weighted by Crippen LogP contribution is 2.62. The predicted octanol–water partition coefficient (Wildman–Crippen LogP) is 6.14. The Kier molecular flexibility index (Phi) is 5.77. The van der Waals surface area contributed by atoms with E-state index in [9.17, 15) is 26.3 Å². The van der Waals surface area contributed by atoms with Gasteiger partial charge in [-0.3, -0.25) is 0 Å². The molecule has 20 heavy (non-hydrogen) atoms. The Bertz CT molecular complexity index is 291. The van der Waals surface area contributed by atoms with E-state index in [-0.39, 0.29) is 12.3 Å². The van der Waals surface area contributed by atoms with Crippen LogP contribution in [0.25, 0.3) is 0 Å². The van der Waals surface area contributed by atoms with Crippen molar-refractivity contribution in [3.05, 3.63) is 12.2 Å².